The molecule has 0 aromatic heterocycles. The van der Waals surface area contributed by atoms with Crippen molar-refractivity contribution in [1.29, 1.82) is 0 Å². The van der Waals surface area contributed by atoms with E-state index < -0.39 is 10.0 Å². The summed E-state index contributed by atoms with van der Waals surface area (Å²) in [4.78, 5) is 5.74. The molecule has 0 atom stereocenters. The van der Waals surface area contributed by atoms with Crippen LogP contribution in [-0.2, 0) is 16.6 Å². The number of primary sulfonamides is 1. The summed E-state index contributed by atoms with van der Waals surface area (Å²) < 4.78 is 22.9. The smallest absolute Gasteiger partial charge is 0.238 e. The van der Waals surface area contributed by atoms with Crippen LogP contribution in [0.2, 0.25) is 5.02 Å². The third-order valence-corrected chi connectivity index (χ3v) is 5.64. The number of aliphatic imine (C=N–C) groups is 1. The lowest BCUT2D eigenvalue weighted by Crippen LogP contribution is -2.38. The molecule has 6 nitrogen and oxygen atoms in total. The van der Waals surface area contributed by atoms with E-state index in [9.17, 15) is 8.42 Å². The van der Waals surface area contributed by atoms with Crippen molar-refractivity contribution in [2.45, 2.75) is 23.3 Å². The molecule has 0 fully saturated rings. The maximum Gasteiger partial charge on any atom is 0.238 e. The molecule has 0 amide bonds. The Morgan fingerprint density at radius 1 is 1.19 bits per heavy atom. The van der Waals surface area contributed by atoms with Crippen LogP contribution in [-0.4, -0.2) is 33.2 Å². The fourth-order valence-electron chi connectivity index (χ4n) is 2.20. The van der Waals surface area contributed by atoms with Gasteiger partial charge in [0.05, 0.1) is 11.4 Å². The van der Waals surface area contributed by atoms with Crippen LogP contribution in [0, 0.1) is 0 Å². The Morgan fingerprint density at radius 3 is 2.59 bits per heavy atom. The Hall–Kier alpha value is -1.74. The van der Waals surface area contributed by atoms with Gasteiger partial charge >= 0.3 is 0 Å². The molecule has 27 heavy (non-hydrogen) atoms. The number of benzene rings is 2. The van der Waals surface area contributed by atoms with Gasteiger partial charge in [-0.05, 0) is 48.9 Å². The molecule has 9 heteroatoms. The zero-order chi connectivity index (χ0) is 19.7. The first-order valence-electron chi connectivity index (χ1n) is 8.41. The van der Waals surface area contributed by atoms with Gasteiger partial charge in [-0.15, -0.1) is 11.8 Å². The second kappa shape index (κ2) is 10.6. The maximum absolute atomic E-state index is 11.4. The van der Waals surface area contributed by atoms with Crippen LogP contribution in [0.15, 0.2) is 63.3 Å². The van der Waals surface area contributed by atoms with E-state index in [1.807, 2.05) is 37.3 Å². The first-order chi connectivity index (χ1) is 12.9. The Labute approximate surface area is 169 Å². The fraction of sp³-hybridized carbons (Fsp3) is 0.278. The van der Waals surface area contributed by atoms with Crippen molar-refractivity contribution in [3.8, 4) is 0 Å². The van der Waals surface area contributed by atoms with Crippen molar-refractivity contribution < 1.29 is 8.42 Å². The first kappa shape index (κ1) is 21.6. The van der Waals surface area contributed by atoms with Crippen molar-refractivity contribution in [2.24, 2.45) is 10.1 Å². The van der Waals surface area contributed by atoms with Crippen LogP contribution in [0.1, 0.15) is 12.5 Å². The second-order valence-corrected chi connectivity index (χ2v) is 8.78. The largest absolute Gasteiger partial charge is 0.357 e. The third-order valence-electron chi connectivity index (χ3n) is 3.47. The van der Waals surface area contributed by atoms with Crippen molar-refractivity contribution in [3.05, 3.63) is 59.1 Å². The molecule has 0 aliphatic rings. The van der Waals surface area contributed by atoms with Gasteiger partial charge in [0.1, 0.15) is 0 Å². The Bertz CT molecular complexity index is 871. The highest BCUT2D eigenvalue weighted by atomic mass is 35.5. The van der Waals surface area contributed by atoms with Gasteiger partial charge in [-0.3, -0.25) is 0 Å². The van der Waals surface area contributed by atoms with Crippen molar-refractivity contribution in [3.63, 3.8) is 0 Å². The Balaban J connectivity index is 1.89. The molecule has 0 radical (unpaired) electrons. The molecule has 0 aliphatic heterocycles. The molecular weight excluding hydrogens is 404 g/mol. The molecule has 0 aliphatic carbocycles. The highest BCUT2D eigenvalue weighted by Crippen LogP contribution is 2.19. The van der Waals surface area contributed by atoms with Crippen molar-refractivity contribution in [2.75, 3.05) is 18.8 Å². The van der Waals surface area contributed by atoms with E-state index in [-0.39, 0.29) is 4.90 Å². The number of thioether (sulfide) groups is 1. The van der Waals surface area contributed by atoms with Crippen LogP contribution in [0.5, 0.6) is 0 Å². The molecule has 146 valence electrons. The van der Waals surface area contributed by atoms with E-state index in [0.717, 1.165) is 34.3 Å². The summed E-state index contributed by atoms with van der Waals surface area (Å²) in [6.45, 7) is 3.80. The molecular formula is C18H23ClN4O2S2. The van der Waals surface area contributed by atoms with Gasteiger partial charge in [-0.2, -0.15) is 0 Å². The SMILES string of the molecule is CCNC(=NCc1cccc(S(N)(=O)=O)c1)NCCSc1ccc(Cl)cc1. The predicted molar refractivity (Wildman–Crippen MR) is 113 cm³/mol. The first-order valence-corrected chi connectivity index (χ1v) is 11.3. The average molecular weight is 427 g/mol. The molecule has 2 rings (SSSR count). The van der Waals surface area contributed by atoms with Gasteiger partial charge in [0.25, 0.3) is 0 Å². The number of guanidine groups is 1. The zero-order valence-corrected chi connectivity index (χ0v) is 17.4. The van der Waals surface area contributed by atoms with Gasteiger partial charge < -0.3 is 10.6 Å². The number of hydrogen-bond donors (Lipinski definition) is 3. The summed E-state index contributed by atoms with van der Waals surface area (Å²) in [5, 5.41) is 12.3. The lowest BCUT2D eigenvalue weighted by molar-refractivity contribution is 0.597. The van der Waals surface area contributed by atoms with Crippen LogP contribution in [0.4, 0.5) is 0 Å². The second-order valence-electron chi connectivity index (χ2n) is 5.62. The number of nitrogens with zero attached hydrogens (tertiary/aromatic N) is 1. The van der Waals surface area contributed by atoms with E-state index in [4.69, 9.17) is 16.7 Å². The molecule has 0 bridgehead atoms. The fourth-order valence-corrected chi connectivity index (χ4v) is 3.68. The number of hydrogen-bond acceptors (Lipinski definition) is 4. The lowest BCUT2D eigenvalue weighted by Gasteiger charge is -2.11. The summed E-state index contributed by atoms with van der Waals surface area (Å²) in [6, 6.07) is 14.2. The molecule has 2 aromatic carbocycles. The van der Waals surface area contributed by atoms with Gasteiger partial charge in [-0.25, -0.2) is 18.5 Å². The standard InChI is InChI=1S/C18H23ClN4O2S2/c1-2-21-18(22-10-11-26-16-8-6-15(19)7-9-16)23-13-14-4-3-5-17(12-14)27(20,24)25/h3-9,12H,2,10-11,13H2,1H3,(H2,20,24,25)(H2,21,22,23). The van der Waals surface area contributed by atoms with E-state index >= 15 is 0 Å². The highest BCUT2D eigenvalue weighted by molar-refractivity contribution is 7.99. The quantitative estimate of drug-likeness (QED) is 0.261. The van der Waals surface area contributed by atoms with Gasteiger partial charge in [-0.1, -0.05) is 23.7 Å². The van der Waals surface area contributed by atoms with Crippen LogP contribution in [0.25, 0.3) is 0 Å². The van der Waals surface area contributed by atoms with Crippen molar-refractivity contribution >= 4 is 39.3 Å². The minimum atomic E-state index is -3.71. The molecule has 0 heterocycles. The third kappa shape index (κ3) is 7.80. The van der Waals surface area contributed by atoms with E-state index in [1.165, 1.54) is 6.07 Å². The van der Waals surface area contributed by atoms with E-state index in [1.54, 1.807) is 23.9 Å². The van der Waals surface area contributed by atoms with E-state index in [2.05, 4.69) is 15.6 Å². The molecule has 2 aromatic rings. The molecule has 0 spiro atoms. The average Bonchev–Trinajstić information content (AvgIpc) is 2.64. The summed E-state index contributed by atoms with van der Waals surface area (Å²) in [5.41, 5.74) is 0.772. The Kier molecular flexibility index (Phi) is 8.43. The minimum absolute atomic E-state index is 0.0903. The zero-order valence-electron chi connectivity index (χ0n) is 15.0. The number of nitrogens with one attached hydrogen (secondary N) is 2. The van der Waals surface area contributed by atoms with Crippen molar-refractivity contribution in [1.82, 2.24) is 10.6 Å². The lowest BCUT2D eigenvalue weighted by atomic mass is 10.2. The maximum atomic E-state index is 11.4. The summed E-state index contributed by atoms with van der Waals surface area (Å²) in [5.74, 6) is 1.54. The van der Waals surface area contributed by atoms with Crippen LogP contribution < -0.4 is 15.8 Å². The summed E-state index contributed by atoms with van der Waals surface area (Å²) in [6.07, 6.45) is 0. The molecule has 4 N–H and O–H groups in total. The van der Waals surface area contributed by atoms with Crippen LogP contribution >= 0.6 is 23.4 Å². The topological polar surface area (TPSA) is 96.6 Å². The molecule has 0 unspecified atom stereocenters. The molecule has 0 saturated carbocycles. The highest BCUT2D eigenvalue weighted by Gasteiger charge is 2.07. The van der Waals surface area contributed by atoms with Gasteiger partial charge in [0.15, 0.2) is 5.96 Å². The van der Waals surface area contributed by atoms with Gasteiger partial charge in [0.2, 0.25) is 10.0 Å². The summed E-state index contributed by atoms with van der Waals surface area (Å²) in [7, 11) is -3.71. The number of rotatable bonds is 8. The van der Waals surface area contributed by atoms with Crippen LogP contribution in [0.3, 0.4) is 0 Å². The minimum Gasteiger partial charge on any atom is -0.357 e. The number of sulfonamides is 1. The number of halogens is 1. The van der Waals surface area contributed by atoms with E-state index in [0.29, 0.717) is 12.5 Å². The Morgan fingerprint density at radius 2 is 1.93 bits per heavy atom. The molecule has 0 saturated heterocycles. The predicted octanol–water partition coefficient (Wildman–Crippen LogP) is 2.83. The van der Waals surface area contributed by atoms with Gasteiger partial charge in [0, 0.05) is 28.8 Å². The monoisotopic (exact) mass is 426 g/mol. The number of nitrogens with two attached hydrogens (primary N) is 1. The summed E-state index contributed by atoms with van der Waals surface area (Å²) >= 11 is 7.61. The normalized spacial score (nSPS) is 12.0.